The average molecular weight is 279 g/mol. The van der Waals surface area contributed by atoms with Crippen LogP contribution in [0.1, 0.15) is 20.3 Å². The number of aliphatic hydroxyl groups is 1. The van der Waals surface area contributed by atoms with Crippen LogP contribution in [0.4, 0.5) is 0 Å². The van der Waals surface area contributed by atoms with Crippen molar-refractivity contribution in [2.75, 3.05) is 19.6 Å². The quantitative estimate of drug-likeness (QED) is 0.577. The maximum atomic E-state index is 12.0. The van der Waals surface area contributed by atoms with Gasteiger partial charge in [0.1, 0.15) is 6.10 Å². The molecule has 1 aliphatic heterocycles. The minimum absolute atomic E-state index is 0.298. The van der Waals surface area contributed by atoms with Gasteiger partial charge in [0, 0.05) is 19.6 Å². The maximum absolute atomic E-state index is 12.0. The van der Waals surface area contributed by atoms with Crippen LogP contribution in [0.25, 0.3) is 0 Å². The second-order valence-electron chi connectivity index (χ2n) is 5.03. The van der Waals surface area contributed by atoms with Gasteiger partial charge in [0.05, 0.1) is 0 Å². The smallest absolute Gasteiger partial charge is 0.279 e. The Hall–Kier alpha value is -0.700. The number of hydrogen-bond donors (Lipinski definition) is 3. The molecule has 1 amide bonds. The van der Waals surface area contributed by atoms with E-state index in [4.69, 9.17) is 5.73 Å². The molecular weight excluding hydrogens is 258 g/mol. The van der Waals surface area contributed by atoms with E-state index in [1.807, 2.05) is 13.8 Å². The summed E-state index contributed by atoms with van der Waals surface area (Å²) in [5.41, 5.74) is 4.85. The number of carbonyl (C=O) groups is 1. The molecule has 1 saturated heterocycles. The molecule has 1 fully saturated rings. The van der Waals surface area contributed by atoms with Crippen LogP contribution in [-0.2, 0) is 15.0 Å². The summed E-state index contributed by atoms with van der Waals surface area (Å²) in [6, 6.07) is 0. The Balaban J connectivity index is 2.60. The molecule has 3 unspecified atom stereocenters. The van der Waals surface area contributed by atoms with Gasteiger partial charge in [-0.2, -0.15) is 17.4 Å². The normalized spacial score (nSPS) is 27.9. The summed E-state index contributed by atoms with van der Waals surface area (Å²) in [5, 5.41) is 9.17. The largest absolute Gasteiger partial charge is 0.382 e. The molecule has 7 nitrogen and oxygen atoms in total. The first-order chi connectivity index (χ1) is 8.22. The van der Waals surface area contributed by atoms with Crippen LogP contribution in [0.15, 0.2) is 0 Å². The van der Waals surface area contributed by atoms with Crippen LogP contribution in [0.3, 0.4) is 0 Å². The van der Waals surface area contributed by atoms with Gasteiger partial charge in [0.25, 0.3) is 10.2 Å². The molecule has 0 aromatic carbocycles. The third-order valence-electron chi connectivity index (χ3n) is 2.96. The molecule has 0 aliphatic carbocycles. The second-order valence-corrected chi connectivity index (χ2v) is 6.79. The third kappa shape index (κ3) is 4.20. The minimum atomic E-state index is -3.66. The van der Waals surface area contributed by atoms with Crippen molar-refractivity contribution in [1.29, 1.82) is 0 Å². The van der Waals surface area contributed by atoms with E-state index in [1.54, 1.807) is 0 Å². The Kier molecular flexibility index (Phi) is 5.09. The van der Waals surface area contributed by atoms with Crippen LogP contribution in [0.2, 0.25) is 0 Å². The monoisotopic (exact) mass is 279 g/mol. The third-order valence-corrected chi connectivity index (χ3v) is 4.47. The molecule has 1 heterocycles. The Labute approximate surface area is 108 Å². The topological polar surface area (TPSA) is 113 Å². The molecule has 106 valence electrons. The average Bonchev–Trinajstić information content (AvgIpc) is 2.24. The zero-order valence-electron chi connectivity index (χ0n) is 10.7. The van der Waals surface area contributed by atoms with Crippen molar-refractivity contribution >= 4 is 16.1 Å². The van der Waals surface area contributed by atoms with E-state index in [0.29, 0.717) is 24.9 Å². The van der Waals surface area contributed by atoms with Gasteiger partial charge in [-0.15, -0.1) is 0 Å². The molecule has 0 aromatic rings. The maximum Gasteiger partial charge on any atom is 0.279 e. The van der Waals surface area contributed by atoms with Crippen LogP contribution >= 0.6 is 0 Å². The summed E-state index contributed by atoms with van der Waals surface area (Å²) in [4.78, 5) is 10.6. The first kappa shape index (κ1) is 15.4. The Morgan fingerprint density at radius 1 is 1.44 bits per heavy atom. The number of nitrogens with one attached hydrogen (secondary N) is 1. The molecular formula is C10H21N3O4S. The molecule has 1 rings (SSSR count). The first-order valence-electron chi connectivity index (χ1n) is 5.94. The van der Waals surface area contributed by atoms with E-state index < -0.39 is 28.8 Å². The summed E-state index contributed by atoms with van der Waals surface area (Å²) in [5.74, 6) is -0.351. The number of nitrogens with zero attached hydrogens (tertiary/aromatic N) is 1. The Bertz CT molecular complexity index is 388. The molecule has 0 saturated carbocycles. The van der Waals surface area contributed by atoms with Crippen molar-refractivity contribution in [1.82, 2.24) is 9.03 Å². The lowest BCUT2D eigenvalue weighted by Crippen LogP contribution is -2.50. The van der Waals surface area contributed by atoms with Crippen molar-refractivity contribution in [2.24, 2.45) is 17.6 Å². The van der Waals surface area contributed by atoms with Crippen LogP contribution in [0, 0.1) is 11.8 Å². The summed E-state index contributed by atoms with van der Waals surface area (Å²) in [6.45, 7) is 4.50. The van der Waals surface area contributed by atoms with Gasteiger partial charge in [0.2, 0.25) is 5.91 Å². The molecule has 8 heteroatoms. The van der Waals surface area contributed by atoms with Crippen LogP contribution in [-0.4, -0.2) is 49.5 Å². The minimum Gasteiger partial charge on any atom is -0.382 e. The number of primary amides is 1. The second kappa shape index (κ2) is 5.96. The zero-order chi connectivity index (χ0) is 13.9. The van der Waals surface area contributed by atoms with Crippen molar-refractivity contribution < 1.29 is 18.3 Å². The van der Waals surface area contributed by atoms with E-state index in [2.05, 4.69) is 4.72 Å². The fourth-order valence-corrected chi connectivity index (χ4v) is 3.63. The Morgan fingerprint density at radius 3 is 2.39 bits per heavy atom. The number of hydrogen-bond acceptors (Lipinski definition) is 4. The van der Waals surface area contributed by atoms with Gasteiger partial charge < -0.3 is 10.8 Å². The molecule has 3 atom stereocenters. The number of rotatable bonds is 5. The number of nitrogens with two attached hydrogens (primary N) is 1. The van der Waals surface area contributed by atoms with E-state index in [-0.39, 0.29) is 0 Å². The highest BCUT2D eigenvalue weighted by molar-refractivity contribution is 7.87. The SMILES string of the molecule is CC1CC(C)CN(S(=O)(=O)NCC(O)C(N)=O)C1. The molecule has 0 radical (unpaired) electrons. The van der Waals surface area contributed by atoms with Crippen molar-refractivity contribution in [3.63, 3.8) is 0 Å². The lowest BCUT2D eigenvalue weighted by molar-refractivity contribution is -0.125. The highest BCUT2D eigenvalue weighted by Gasteiger charge is 2.30. The molecule has 0 spiro atoms. The summed E-state index contributed by atoms with van der Waals surface area (Å²) >= 11 is 0. The van der Waals surface area contributed by atoms with E-state index in [9.17, 15) is 18.3 Å². The van der Waals surface area contributed by atoms with Gasteiger partial charge in [-0.1, -0.05) is 13.8 Å². The number of carbonyl (C=O) groups excluding carboxylic acids is 1. The number of aliphatic hydroxyl groups excluding tert-OH is 1. The van der Waals surface area contributed by atoms with Crippen LogP contribution in [0.5, 0.6) is 0 Å². The number of amides is 1. The van der Waals surface area contributed by atoms with Crippen molar-refractivity contribution in [2.45, 2.75) is 26.4 Å². The van der Waals surface area contributed by atoms with Crippen LogP contribution < -0.4 is 10.5 Å². The fourth-order valence-electron chi connectivity index (χ4n) is 2.18. The summed E-state index contributed by atoms with van der Waals surface area (Å²) in [6.07, 6.45) is -0.505. The van der Waals surface area contributed by atoms with E-state index >= 15 is 0 Å². The van der Waals surface area contributed by atoms with Gasteiger partial charge >= 0.3 is 0 Å². The zero-order valence-corrected chi connectivity index (χ0v) is 11.5. The van der Waals surface area contributed by atoms with Crippen molar-refractivity contribution in [3.05, 3.63) is 0 Å². The lowest BCUT2D eigenvalue weighted by atomic mass is 9.94. The molecule has 1 aliphatic rings. The highest BCUT2D eigenvalue weighted by atomic mass is 32.2. The van der Waals surface area contributed by atoms with Gasteiger partial charge in [-0.25, -0.2) is 0 Å². The lowest BCUT2D eigenvalue weighted by Gasteiger charge is -2.34. The molecule has 0 bridgehead atoms. The predicted octanol–water partition coefficient (Wildman–Crippen LogP) is -1.36. The summed E-state index contributed by atoms with van der Waals surface area (Å²) in [7, 11) is -3.66. The first-order valence-corrected chi connectivity index (χ1v) is 7.38. The summed E-state index contributed by atoms with van der Waals surface area (Å²) < 4.78 is 27.5. The molecule has 4 N–H and O–H groups in total. The van der Waals surface area contributed by atoms with Crippen molar-refractivity contribution in [3.8, 4) is 0 Å². The standard InChI is InChI=1S/C10H21N3O4S/c1-7-3-8(2)6-13(5-7)18(16,17)12-4-9(14)10(11)15/h7-9,12,14H,3-6H2,1-2H3,(H2,11,15). The Morgan fingerprint density at radius 2 is 1.94 bits per heavy atom. The molecule has 18 heavy (non-hydrogen) atoms. The highest BCUT2D eigenvalue weighted by Crippen LogP contribution is 2.22. The fraction of sp³-hybridized carbons (Fsp3) is 0.900. The molecule has 0 aromatic heterocycles. The van der Waals surface area contributed by atoms with Gasteiger partial charge in [-0.05, 0) is 18.3 Å². The predicted molar refractivity (Wildman–Crippen MR) is 66.6 cm³/mol. The van der Waals surface area contributed by atoms with E-state index in [0.717, 1.165) is 6.42 Å². The number of piperidine rings is 1. The van der Waals surface area contributed by atoms with Gasteiger partial charge in [0.15, 0.2) is 0 Å². The van der Waals surface area contributed by atoms with Gasteiger partial charge in [-0.3, -0.25) is 4.79 Å². The van der Waals surface area contributed by atoms with E-state index in [1.165, 1.54) is 4.31 Å².